The van der Waals surface area contributed by atoms with Crippen molar-refractivity contribution < 1.29 is 9.90 Å². The predicted molar refractivity (Wildman–Crippen MR) is 92.1 cm³/mol. The van der Waals surface area contributed by atoms with Gasteiger partial charge in [-0.1, -0.05) is 48.0 Å². The summed E-state index contributed by atoms with van der Waals surface area (Å²) < 4.78 is 0. The largest absolute Gasteiger partial charge is 0.364 e. The molecule has 1 N–H and O–H groups in total. The maximum absolute atomic E-state index is 12.4. The van der Waals surface area contributed by atoms with E-state index in [0.29, 0.717) is 22.0 Å². The zero-order valence-corrected chi connectivity index (χ0v) is 13.1. The number of anilines is 1. The molecule has 0 bridgehead atoms. The molecule has 0 saturated carbocycles. The van der Waals surface area contributed by atoms with Gasteiger partial charge < -0.3 is 10.0 Å². The molecule has 0 saturated heterocycles. The standard InChI is InChI=1S/C18H15ClN2O2/c1-2-10-21-15-9-8-13(19)11-14(15)16(20-17(22)18(21)23)12-6-4-3-5-7-12/h2-9,11,17,22H,1,10H2. The van der Waals surface area contributed by atoms with Crippen molar-refractivity contribution in [3.05, 3.63) is 77.3 Å². The summed E-state index contributed by atoms with van der Waals surface area (Å²) in [6.07, 6.45) is 0.146. The molecule has 1 aliphatic heterocycles. The number of amides is 1. The molecule has 2 aromatic rings. The lowest BCUT2D eigenvalue weighted by atomic mass is 10.00. The Hall–Kier alpha value is -2.43. The summed E-state index contributed by atoms with van der Waals surface area (Å²) in [7, 11) is 0. The summed E-state index contributed by atoms with van der Waals surface area (Å²) in [6, 6.07) is 14.6. The molecule has 0 spiro atoms. The first-order valence-electron chi connectivity index (χ1n) is 7.15. The smallest absolute Gasteiger partial charge is 0.279 e. The van der Waals surface area contributed by atoms with Crippen LogP contribution in [-0.4, -0.2) is 29.5 Å². The van der Waals surface area contributed by atoms with E-state index in [1.54, 1.807) is 24.3 Å². The summed E-state index contributed by atoms with van der Waals surface area (Å²) in [5, 5.41) is 10.7. The predicted octanol–water partition coefficient (Wildman–Crippen LogP) is 3.03. The van der Waals surface area contributed by atoms with Gasteiger partial charge in [-0.05, 0) is 18.2 Å². The van der Waals surface area contributed by atoms with Crippen molar-refractivity contribution in [1.82, 2.24) is 0 Å². The number of hydrogen-bond acceptors (Lipinski definition) is 3. The normalized spacial score (nSPS) is 17.3. The number of hydrogen-bond donors (Lipinski definition) is 1. The third-order valence-corrected chi connectivity index (χ3v) is 3.84. The molecule has 0 aliphatic carbocycles. The van der Waals surface area contributed by atoms with Crippen LogP contribution in [0.4, 0.5) is 5.69 Å². The van der Waals surface area contributed by atoms with Gasteiger partial charge >= 0.3 is 0 Å². The molecule has 23 heavy (non-hydrogen) atoms. The number of carbonyl (C=O) groups is 1. The van der Waals surface area contributed by atoms with Crippen molar-refractivity contribution in [3.8, 4) is 0 Å². The number of carbonyl (C=O) groups excluding carboxylic acids is 1. The Bertz CT molecular complexity index is 787. The molecule has 0 fully saturated rings. The van der Waals surface area contributed by atoms with Gasteiger partial charge in [0.2, 0.25) is 6.23 Å². The highest BCUT2D eigenvalue weighted by Gasteiger charge is 2.30. The van der Waals surface area contributed by atoms with Crippen LogP contribution in [0.3, 0.4) is 0 Å². The quantitative estimate of drug-likeness (QED) is 0.881. The van der Waals surface area contributed by atoms with Crippen LogP contribution in [0.25, 0.3) is 0 Å². The van der Waals surface area contributed by atoms with E-state index in [2.05, 4.69) is 11.6 Å². The van der Waals surface area contributed by atoms with Gasteiger partial charge in [0.15, 0.2) is 0 Å². The van der Waals surface area contributed by atoms with E-state index in [9.17, 15) is 9.90 Å². The lowest BCUT2D eigenvalue weighted by Gasteiger charge is -2.22. The van der Waals surface area contributed by atoms with E-state index in [4.69, 9.17) is 11.6 Å². The Morgan fingerprint density at radius 1 is 1.26 bits per heavy atom. The Kier molecular flexibility index (Phi) is 4.28. The molecule has 0 aromatic heterocycles. The lowest BCUT2D eigenvalue weighted by Crippen LogP contribution is -2.37. The summed E-state index contributed by atoms with van der Waals surface area (Å²) >= 11 is 6.14. The Balaban J connectivity index is 2.25. The highest BCUT2D eigenvalue weighted by Crippen LogP contribution is 2.30. The molecule has 116 valence electrons. The van der Waals surface area contributed by atoms with Gasteiger partial charge in [-0.2, -0.15) is 0 Å². The topological polar surface area (TPSA) is 52.9 Å². The molecule has 4 nitrogen and oxygen atoms in total. The average Bonchev–Trinajstić information content (AvgIpc) is 2.66. The fraction of sp³-hybridized carbons (Fsp3) is 0.111. The molecule has 0 radical (unpaired) electrons. The van der Waals surface area contributed by atoms with Crippen molar-refractivity contribution >= 4 is 28.9 Å². The van der Waals surface area contributed by atoms with Crippen molar-refractivity contribution in [2.24, 2.45) is 4.99 Å². The average molecular weight is 327 g/mol. The monoisotopic (exact) mass is 326 g/mol. The van der Waals surface area contributed by atoms with E-state index in [0.717, 1.165) is 5.56 Å². The van der Waals surface area contributed by atoms with E-state index in [1.807, 2.05) is 30.3 Å². The zero-order valence-electron chi connectivity index (χ0n) is 12.3. The molecular formula is C18H15ClN2O2. The number of aliphatic imine (C=N–C) groups is 1. The number of benzodiazepines with no additional fused rings is 1. The van der Waals surface area contributed by atoms with Crippen LogP contribution in [0.5, 0.6) is 0 Å². The maximum atomic E-state index is 12.4. The van der Waals surface area contributed by atoms with Crippen LogP contribution in [-0.2, 0) is 4.79 Å². The Labute approximate surface area is 139 Å². The SMILES string of the molecule is C=CCN1C(=O)C(O)N=C(c2ccccc2)c2cc(Cl)ccc21. The second-order valence-electron chi connectivity index (χ2n) is 5.12. The second kappa shape index (κ2) is 6.36. The number of aliphatic hydroxyl groups is 1. The van der Waals surface area contributed by atoms with Gasteiger partial charge in [-0.25, -0.2) is 4.99 Å². The number of aliphatic hydroxyl groups excluding tert-OH is 1. The summed E-state index contributed by atoms with van der Waals surface area (Å²) in [5.41, 5.74) is 2.70. The highest BCUT2D eigenvalue weighted by molar-refractivity contribution is 6.32. The van der Waals surface area contributed by atoms with E-state index in [-0.39, 0.29) is 6.54 Å². The van der Waals surface area contributed by atoms with Gasteiger partial charge in [0.25, 0.3) is 5.91 Å². The molecule has 3 rings (SSSR count). The first-order chi connectivity index (χ1) is 11.1. The molecule has 2 aromatic carbocycles. The van der Waals surface area contributed by atoms with Crippen LogP contribution in [0.2, 0.25) is 5.02 Å². The van der Waals surface area contributed by atoms with Gasteiger partial charge in [0, 0.05) is 22.7 Å². The molecule has 5 heteroatoms. The minimum absolute atomic E-state index is 0.280. The van der Waals surface area contributed by atoms with Crippen LogP contribution < -0.4 is 4.90 Å². The molecule has 1 unspecified atom stereocenters. The number of fused-ring (bicyclic) bond motifs is 1. The summed E-state index contributed by atoms with van der Waals surface area (Å²) in [6.45, 7) is 3.95. The van der Waals surface area contributed by atoms with Crippen LogP contribution in [0.1, 0.15) is 11.1 Å². The fourth-order valence-electron chi connectivity index (χ4n) is 2.58. The van der Waals surface area contributed by atoms with E-state index < -0.39 is 12.1 Å². The van der Waals surface area contributed by atoms with Gasteiger partial charge in [0.05, 0.1) is 11.4 Å². The van der Waals surface area contributed by atoms with Gasteiger partial charge in [0.1, 0.15) is 0 Å². The molecular weight excluding hydrogens is 312 g/mol. The number of halogens is 1. The minimum Gasteiger partial charge on any atom is -0.364 e. The van der Waals surface area contributed by atoms with Crippen LogP contribution >= 0.6 is 11.6 Å². The zero-order chi connectivity index (χ0) is 16.4. The van der Waals surface area contributed by atoms with E-state index >= 15 is 0 Å². The van der Waals surface area contributed by atoms with Crippen molar-refractivity contribution in [2.75, 3.05) is 11.4 Å². The lowest BCUT2D eigenvalue weighted by molar-refractivity contribution is -0.126. The Morgan fingerprint density at radius 3 is 2.70 bits per heavy atom. The molecule has 1 aliphatic rings. The number of rotatable bonds is 3. The Morgan fingerprint density at radius 2 is 2.00 bits per heavy atom. The van der Waals surface area contributed by atoms with E-state index in [1.165, 1.54) is 4.90 Å². The van der Waals surface area contributed by atoms with Gasteiger partial charge in [-0.3, -0.25) is 4.79 Å². The second-order valence-corrected chi connectivity index (χ2v) is 5.55. The highest BCUT2D eigenvalue weighted by atomic mass is 35.5. The third kappa shape index (κ3) is 2.91. The van der Waals surface area contributed by atoms with Crippen LogP contribution in [0, 0.1) is 0 Å². The fourth-order valence-corrected chi connectivity index (χ4v) is 2.75. The van der Waals surface area contributed by atoms with Gasteiger partial charge in [-0.15, -0.1) is 6.58 Å². The van der Waals surface area contributed by atoms with Crippen molar-refractivity contribution in [1.29, 1.82) is 0 Å². The number of benzene rings is 2. The maximum Gasteiger partial charge on any atom is 0.279 e. The first-order valence-corrected chi connectivity index (χ1v) is 7.53. The first kappa shape index (κ1) is 15.5. The third-order valence-electron chi connectivity index (χ3n) is 3.60. The summed E-state index contributed by atoms with van der Waals surface area (Å²) in [4.78, 5) is 18.1. The van der Waals surface area contributed by atoms with Crippen molar-refractivity contribution in [3.63, 3.8) is 0 Å². The minimum atomic E-state index is -1.46. The molecule has 1 heterocycles. The number of nitrogens with zero attached hydrogens (tertiary/aromatic N) is 2. The van der Waals surface area contributed by atoms with Crippen molar-refractivity contribution in [2.45, 2.75) is 6.23 Å². The molecule has 1 atom stereocenters. The summed E-state index contributed by atoms with van der Waals surface area (Å²) in [5.74, 6) is -0.487. The molecule has 1 amide bonds. The van der Waals surface area contributed by atoms with Crippen LogP contribution in [0.15, 0.2) is 66.2 Å².